The molecule has 0 aliphatic carbocycles. The fraction of sp³-hybridized carbons (Fsp3) is 0. The van der Waals surface area contributed by atoms with Crippen LogP contribution in [0.15, 0.2) is 162 Å². The summed E-state index contributed by atoms with van der Waals surface area (Å²) in [6.45, 7) is 0. The summed E-state index contributed by atoms with van der Waals surface area (Å²) in [6, 6.07) is 53.2. The first-order valence-electron chi connectivity index (χ1n) is 14.1. The van der Waals surface area contributed by atoms with Crippen molar-refractivity contribution in [2.75, 3.05) is 4.90 Å². The first-order valence-corrected chi connectivity index (χ1v) is 14.1. The Kier molecular flexibility index (Phi) is 5.79. The second-order valence-electron chi connectivity index (χ2n) is 10.4. The molecule has 0 radical (unpaired) electrons. The van der Waals surface area contributed by atoms with Gasteiger partial charge in [0.25, 0.3) is 0 Å². The van der Waals surface area contributed by atoms with E-state index in [0.717, 1.165) is 39.1 Å². The van der Waals surface area contributed by atoms with Crippen LogP contribution in [0.2, 0.25) is 0 Å². The molecule has 0 aliphatic heterocycles. The zero-order valence-corrected chi connectivity index (χ0v) is 22.8. The van der Waals surface area contributed by atoms with Crippen molar-refractivity contribution < 1.29 is 4.42 Å². The van der Waals surface area contributed by atoms with Crippen molar-refractivity contribution in [3.05, 3.63) is 158 Å². The van der Waals surface area contributed by atoms with Crippen molar-refractivity contribution >= 4 is 49.9 Å². The third-order valence-corrected chi connectivity index (χ3v) is 7.93. The van der Waals surface area contributed by atoms with E-state index in [1.807, 2.05) is 24.4 Å². The molecular weight excluding hydrogens is 512 g/mol. The van der Waals surface area contributed by atoms with Crippen molar-refractivity contribution in [1.82, 2.24) is 4.98 Å². The fourth-order valence-corrected chi connectivity index (χ4v) is 5.91. The van der Waals surface area contributed by atoms with Crippen molar-refractivity contribution in [2.45, 2.75) is 0 Å². The second kappa shape index (κ2) is 10.1. The van der Waals surface area contributed by atoms with Crippen LogP contribution in [0, 0.1) is 0 Å². The molecule has 0 unspecified atom stereocenters. The minimum absolute atomic E-state index is 0.783. The highest BCUT2D eigenvalue weighted by atomic mass is 16.3. The number of pyridine rings is 1. The highest BCUT2D eigenvalue weighted by Crippen LogP contribution is 2.42. The molecule has 0 spiro atoms. The molecule has 0 aliphatic rings. The normalized spacial score (nSPS) is 11.3. The van der Waals surface area contributed by atoms with Gasteiger partial charge in [-0.3, -0.25) is 4.98 Å². The second-order valence-corrected chi connectivity index (χ2v) is 10.4. The van der Waals surface area contributed by atoms with Gasteiger partial charge in [0.15, 0.2) is 11.2 Å². The van der Waals surface area contributed by atoms with E-state index in [4.69, 9.17) is 4.42 Å². The van der Waals surface area contributed by atoms with Crippen molar-refractivity contribution in [3.8, 4) is 22.3 Å². The maximum absolute atomic E-state index is 6.44. The number of nitrogens with zero attached hydrogens (tertiary/aromatic N) is 2. The molecule has 0 bridgehead atoms. The highest BCUT2D eigenvalue weighted by molar-refractivity contribution is 6.08. The predicted octanol–water partition coefficient (Wildman–Crippen LogP) is 10.9. The molecule has 8 aromatic rings. The third-order valence-electron chi connectivity index (χ3n) is 7.93. The number of rotatable bonds is 5. The van der Waals surface area contributed by atoms with Crippen LogP contribution < -0.4 is 4.90 Å². The van der Waals surface area contributed by atoms with Gasteiger partial charge in [-0.15, -0.1) is 0 Å². The molecule has 0 saturated heterocycles. The van der Waals surface area contributed by atoms with E-state index in [-0.39, 0.29) is 0 Å². The molecule has 42 heavy (non-hydrogen) atoms. The lowest BCUT2D eigenvalue weighted by Gasteiger charge is -2.26. The molecule has 198 valence electrons. The Morgan fingerprint density at radius 3 is 1.93 bits per heavy atom. The van der Waals surface area contributed by atoms with Crippen LogP contribution in [-0.4, -0.2) is 4.98 Å². The van der Waals surface area contributed by atoms with Gasteiger partial charge in [-0.2, -0.15) is 0 Å². The Balaban J connectivity index is 1.28. The number of para-hydroxylation sites is 1. The van der Waals surface area contributed by atoms with Crippen LogP contribution in [0.25, 0.3) is 55.1 Å². The fourth-order valence-electron chi connectivity index (χ4n) is 5.91. The summed E-state index contributed by atoms with van der Waals surface area (Å²) in [7, 11) is 0. The summed E-state index contributed by atoms with van der Waals surface area (Å²) in [5.74, 6) is 0. The smallest absolute Gasteiger partial charge is 0.161 e. The number of aromatic nitrogens is 1. The van der Waals surface area contributed by atoms with Gasteiger partial charge in [0.2, 0.25) is 0 Å². The predicted molar refractivity (Wildman–Crippen MR) is 175 cm³/mol. The topological polar surface area (TPSA) is 29.3 Å². The Bertz CT molecular complexity index is 2170. The molecule has 3 nitrogen and oxygen atoms in total. The van der Waals surface area contributed by atoms with Crippen molar-refractivity contribution in [3.63, 3.8) is 0 Å². The standard InChI is InChI=1S/C39H26N2O/c1-2-9-27(10-3-1)28-18-22-31(23-19-28)41(36-16-7-15-35-38-37(42-39(35)36)17-8-26-40-38)32-24-20-30(21-25-32)34-14-6-12-29-11-4-5-13-33(29)34/h1-26H. The number of benzene rings is 6. The quantitative estimate of drug-likeness (QED) is 0.218. The third kappa shape index (κ3) is 4.11. The monoisotopic (exact) mass is 538 g/mol. The largest absolute Gasteiger partial charge is 0.452 e. The zero-order valence-electron chi connectivity index (χ0n) is 22.8. The van der Waals surface area contributed by atoms with Crippen LogP contribution in [0.1, 0.15) is 0 Å². The summed E-state index contributed by atoms with van der Waals surface area (Å²) < 4.78 is 6.44. The zero-order chi connectivity index (χ0) is 27.9. The maximum atomic E-state index is 6.44. The van der Waals surface area contributed by atoms with E-state index in [9.17, 15) is 0 Å². The van der Waals surface area contributed by atoms with Crippen molar-refractivity contribution in [2.24, 2.45) is 0 Å². The van der Waals surface area contributed by atoms with Gasteiger partial charge in [0, 0.05) is 23.0 Å². The van der Waals surface area contributed by atoms with Crippen LogP contribution in [-0.2, 0) is 0 Å². The highest BCUT2D eigenvalue weighted by Gasteiger charge is 2.20. The molecule has 0 saturated carbocycles. The van der Waals surface area contributed by atoms with Crippen LogP contribution in [0.4, 0.5) is 17.1 Å². The van der Waals surface area contributed by atoms with Gasteiger partial charge in [0.05, 0.1) is 5.69 Å². The summed E-state index contributed by atoms with van der Waals surface area (Å²) in [6.07, 6.45) is 1.82. The molecule has 2 heterocycles. The average molecular weight is 539 g/mol. The van der Waals surface area contributed by atoms with E-state index < -0.39 is 0 Å². The molecular formula is C39H26N2O. The number of fused-ring (bicyclic) bond motifs is 4. The van der Waals surface area contributed by atoms with Crippen molar-refractivity contribution in [1.29, 1.82) is 0 Å². The molecule has 2 aromatic heterocycles. The van der Waals surface area contributed by atoms with E-state index in [1.54, 1.807) is 0 Å². The van der Waals surface area contributed by atoms with E-state index in [0.29, 0.717) is 0 Å². The number of hydrogen-bond acceptors (Lipinski definition) is 3. The molecule has 8 rings (SSSR count). The van der Waals surface area contributed by atoms with Gasteiger partial charge in [0.1, 0.15) is 5.52 Å². The molecule has 0 N–H and O–H groups in total. The first-order chi connectivity index (χ1) is 20.8. The lowest BCUT2D eigenvalue weighted by atomic mass is 9.98. The summed E-state index contributed by atoms with van der Waals surface area (Å²) in [5.41, 5.74) is 10.3. The number of furan rings is 1. The Labute approximate surface area is 243 Å². The molecule has 3 heteroatoms. The molecule has 0 amide bonds. The first kappa shape index (κ1) is 24.2. The van der Waals surface area contributed by atoms with Crippen LogP contribution in [0.3, 0.4) is 0 Å². The summed E-state index contributed by atoms with van der Waals surface area (Å²) in [4.78, 5) is 6.89. The molecule has 0 fully saturated rings. The summed E-state index contributed by atoms with van der Waals surface area (Å²) in [5, 5.41) is 3.49. The average Bonchev–Trinajstić information content (AvgIpc) is 3.45. The lowest BCUT2D eigenvalue weighted by molar-refractivity contribution is 0.668. The summed E-state index contributed by atoms with van der Waals surface area (Å²) >= 11 is 0. The SMILES string of the molecule is c1ccc(-c2ccc(N(c3ccc(-c4cccc5ccccc45)cc3)c3cccc4c3oc3cccnc34)cc2)cc1. The Hall–Kier alpha value is -5.67. The van der Waals surface area contributed by atoms with Crippen LogP contribution >= 0.6 is 0 Å². The number of hydrogen-bond donors (Lipinski definition) is 0. The Morgan fingerprint density at radius 2 is 1.12 bits per heavy atom. The molecule has 0 atom stereocenters. The van der Waals surface area contributed by atoms with Gasteiger partial charge in [-0.05, 0) is 81.6 Å². The van der Waals surface area contributed by atoms with E-state index in [2.05, 4.69) is 143 Å². The van der Waals surface area contributed by atoms with Gasteiger partial charge >= 0.3 is 0 Å². The van der Waals surface area contributed by atoms with Gasteiger partial charge in [-0.25, -0.2) is 0 Å². The lowest BCUT2D eigenvalue weighted by Crippen LogP contribution is -2.10. The maximum Gasteiger partial charge on any atom is 0.161 e. The minimum Gasteiger partial charge on any atom is -0.452 e. The van der Waals surface area contributed by atoms with Gasteiger partial charge < -0.3 is 9.32 Å². The van der Waals surface area contributed by atoms with Crippen LogP contribution in [0.5, 0.6) is 0 Å². The van der Waals surface area contributed by atoms with E-state index >= 15 is 0 Å². The molecule has 6 aromatic carbocycles. The van der Waals surface area contributed by atoms with E-state index in [1.165, 1.54) is 33.0 Å². The van der Waals surface area contributed by atoms with Gasteiger partial charge in [-0.1, -0.05) is 103 Å². The Morgan fingerprint density at radius 1 is 0.476 bits per heavy atom. The number of anilines is 3. The minimum atomic E-state index is 0.783.